The molecule has 18 heavy (non-hydrogen) atoms. The number of nitrogen functional groups attached to an aromatic ring is 1. The second-order valence-corrected chi connectivity index (χ2v) is 4.99. The van der Waals surface area contributed by atoms with Crippen LogP contribution in [-0.4, -0.2) is 40.9 Å². The van der Waals surface area contributed by atoms with Gasteiger partial charge in [-0.15, -0.1) is 0 Å². The molecule has 2 heterocycles. The Hall–Kier alpha value is -1.23. The van der Waals surface area contributed by atoms with Crippen LogP contribution in [0.15, 0.2) is 0 Å². The molecule has 1 aromatic rings. The van der Waals surface area contributed by atoms with E-state index in [-0.39, 0.29) is 0 Å². The van der Waals surface area contributed by atoms with E-state index in [1.54, 1.807) is 0 Å². The van der Waals surface area contributed by atoms with Gasteiger partial charge in [0.05, 0.1) is 11.4 Å². The number of nitrogens with one attached hydrogen (secondary N) is 1. The van der Waals surface area contributed by atoms with E-state index in [0.717, 1.165) is 36.8 Å². The van der Waals surface area contributed by atoms with E-state index in [0.29, 0.717) is 0 Å². The zero-order valence-electron chi connectivity index (χ0n) is 11.6. The lowest BCUT2D eigenvalue weighted by atomic mass is 10.1. The van der Waals surface area contributed by atoms with Crippen LogP contribution in [-0.2, 0) is 6.54 Å². The fourth-order valence-corrected chi connectivity index (χ4v) is 2.53. The maximum Gasteiger partial charge on any atom is 0.148 e. The molecule has 2 rings (SSSR count). The molecule has 102 valence electrons. The molecule has 0 atom stereocenters. The number of hydrogen-bond donors (Lipinski definition) is 2. The third-order valence-electron chi connectivity index (χ3n) is 3.64. The lowest BCUT2D eigenvalue weighted by molar-refractivity contribution is 0.237. The molecule has 1 saturated heterocycles. The summed E-state index contributed by atoms with van der Waals surface area (Å²) in [6.45, 7) is 9.40. The van der Waals surface area contributed by atoms with Gasteiger partial charge in [-0.25, -0.2) is 4.68 Å². The van der Waals surface area contributed by atoms with Crippen LogP contribution in [0.5, 0.6) is 0 Å². The molecule has 1 fully saturated rings. The second kappa shape index (κ2) is 6.09. The highest BCUT2D eigenvalue weighted by atomic mass is 15.3. The van der Waals surface area contributed by atoms with E-state index in [1.807, 2.05) is 11.6 Å². The Morgan fingerprint density at radius 1 is 1.28 bits per heavy atom. The Labute approximate surface area is 109 Å². The quantitative estimate of drug-likeness (QED) is 0.836. The highest BCUT2D eigenvalue weighted by molar-refractivity contribution is 5.64. The molecule has 1 aromatic heterocycles. The average Bonchev–Trinajstić information content (AvgIpc) is 2.67. The van der Waals surface area contributed by atoms with Crippen LogP contribution in [0.3, 0.4) is 0 Å². The molecular formula is C13H25N5. The standard InChI is InChI=1S/C13H25N5/c1-3-18-13(12(14)11(2)16-18)15-7-10-17-8-5-4-6-9-17/h15H,3-10,14H2,1-2H3. The molecule has 1 aliphatic rings. The molecule has 0 amide bonds. The predicted octanol–water partition coefficient (Wildman–Crippen LogP) is 1.69. The monoisotopic (exact) mass is 251 g/mol. The van der Waals surface area contributed by atoms with Gasteiger partial charge in [0.1, 0.15) is 5.82 Å². The van der Waals surface area contributed by atoms with E-state index < -0.39 is 0 Å². The molecule has 0 saturated carbocycles. The minimum absolute atomic E-state index is 0.787. The summed E-state index contributed by atoms with van der Waals surface area (Å²) < 4.78 is 1.95. The molecule has 0 aliphatic carbocycles. The summed E-state index contributed by atoms with van der Waals surface area (Å²) >= 11 is 0. The number of nitrogens with zero attached hydrogens (tertiary/aromatic N) is 3. The maximum atomic E-state index is 6.04. The normalized spacial score (nSPS) is 17.0. The first kappa shape index (κ1) is 13.2. The van der Waals surface area contributed by atoms with Crippen molar-refractivity contribution in [3.05, 3.63) is 5.69 Å². The first-order valence-corrected chi connectivity index (χ1v) is 7.01. The lowest BCUT2D eigenvalue weighted by Gasteiger charge is -2.26. The summed E-state index contributed by atoms with van der Waals surface area (Å²) in [6, 6.07) is 0. The smallest absolute Gasteiger partial charge is 0.148 e. The van der Waals surface area contributed by atoms with Crippen molar-refractivity contribution < 1.29 is 0 Å². The Bertz CT molecular complexity index is 379. The average molecular weight is 251 g/mol. The predicted molar refractivity (Wildman–Crippen MR) is 75.8 cm³/mol. The highest BCUT2D eigenvalue weighted by Gasteiger charge is 2.12. The number of aromatic nitrogens is 2. The zero-order valence-corrected chi connectivity index (χ0v) is 11.6. The van der Waals surface area contributed by atoms with Crippen LogP contribution in [0.2, 0.25) is 0 Å². The minimum Gasteiger partial charge on any atom is -0.394 e. The highest BCUT2D eigenvalue weighted by Crippen LogP contribution is 2.21. The number of likely N-dealkylation sites (tertiary alicyclic amines) is 1. The number of rotatable bonds is 5. The van der Waals surface area contributed by atoms with Crippen molar-refractivity contribution in [2.45, 2.75) is 39.7 Å². The lowest BCUT2D eigenvalue weighted by Crippen LogP contribution is -2.34. The van der Waals surface area contributed by atoms with E-state index in [2.05, 4.69) is 22.2 Å². The van der Waals surface area contributed by atoms with Gasteiger partial charge < -0.3 is 16.0 Å². The first-order chi connectivity index (χ1) is 8.72. The molecule has 3 N–H and O–H groups in total. The molecule has 5 heteroatoms. The first-order valence-electron chi connectivity index (χ1n) is 7.01. The van der Waals surface area contributed by atoms with Crippen molar-refractivity contribution in [3.63, 3.8) is 0 Å². The van der Waals surface area contributed by atoms with Crippen LogP contribution in [0.25, 0.3) is 0 Å². The van der Waals surface area contributed by atoms with E-state index >= 15 is 0 Å². The Morgan fingerprint density at radius 3 is 2.67 bits per heavy atom. The summed E-state index contributed by atoms with van der Waals surface area (Å²) in [7, 11) is 0. The fourth-order valence-electron chi connectivity index (χ4n) is 2.53. The van der Waals surface area contributed by atoms with Gasteiger partial charge in [0.15, 0.2) is 0 Å². The number of hydrogen-bond acceptors (Lipinski definition) is 4. The second-order valence-electron chi connectivity index (χ2n) is 4.99. The SMILES string of the molecule is CCn1nc(C)c(N)c1NCCN1CCCCC1. The van der Waals surface area contributed by atoms with Gasteiger partial charge in [-0.2, -0.15) is 5.10 Å². The topological polar surface area (TPSA) is 59.1 Å². The van der Waals surface area contributed by atoms with Crippen molar-refractivity contribution in [3.8, 4) is 0 Å². The van der Waals surface area contributed by atoms with Gasteiger partial charge in [-0.1, -0.05) is 6.42 Å². The van der Waals surface area contributed by atoms with Crippen molar-refractivity contribution in [2.75, 3.05) is 37.2 Å². The third kappa shape index (κ3) is 2.96. The number of anilines is 2. The van der Waals surface area contributed by atoms with Gasteiger partial charge in [-0.05, 0) is 39.8 Å². The molecule has 1 aliphatic heterocycles. The number of aryl methyl sites for hydroxylation is 2. The third-order valence-corrected chi connectivity index (χ3v) is 3.64. The van der Waals surface area contributed by atoms with Crippen LogP contribution >= 0.6 is 0 Å². The van der Waals surface area contributed by atoms with Crippen LogP contribution in [0.4, 0.5) is 11.5 Å². The van der Waals surface area contributed by atoms with Crippen molar-refractivity contribution in [1.29, 1.82) is 0 Å². The molecule has 0 spiro atoms. The number of nitrogens with two attached hydrogens (primary N) is 1. The summed E-state index contributed by atoms with van der Waals surface area (Å²) in [4.78, 5) is 2.52. The largest absolute Gasteiger partial charge is 0.394 e. The minimum atomic E-state index is 0.787. The Balaban J connectivity index is 1.85. The van der Waals surface area contributed by atoms with Gasteiger partial charge >= 0.3 is 0 Å². The zero-order chi connectivity index (χ0) is 13.0. The van der Waals surface area contributed by atoms with Gasteiger partial charge in [-0.3, -0.25) is 0 Å². The van der Waals surface area contributed by atoms with Gasteiger partial charge in [0.2, 0.25) is 0 Å². The van der Waals surface area contributed by atoms with Gasteiger partial charge in [0, 0.05) is 19.6 Å². The molecule has 0 aromatic carbocycles. The van der Waals surface area contributed by atoms with E-state index in [1.165, 1.54) is 32.4 Å². The van der Waals surface area contributed by atoms with Crippen molar-refractivity contribution in [1.82, 2.24) is 14.7 Å². The van der Waals surface area contributed by atoms with Crippen LogP contribution in [0, 0.1) is 6.92 Å². The van der Waals surface area contributed by atoms with Crippen molar-refractivity contribution >= 4 is 11.5 Å². The molecule has 0 radical (unpaired) electrons. The Morgan fingerprint density at radius 2 is 2.00 bits per heavy atom. The van der Waals surface area contributed by atoms with Crippen molar-refractivity contribution in [2.24, 2.45) is 0 Å². The number of piperidine rings is 1. The fraction of sp³-hybridized carbons (Fsp3) is 0.769. The summed E-state index contributed by atoms with van der Waals surface area (Å²) in [5.74, 6) is 0.979. The van der Waals surface area contributed by atoms with Crippen LogP contribution < -0.4 is 11.1 Å². The van der Waals surface area contributed by atoms with Crippen LogP contribution in [0.1, 0.15) is 31.9 Å². The summed E-state index contributed by atoms with van der Waals surface area (Å²) in [6.07, 6.45) is 4.07. The molecule has 0 bridgehead atoms. The molecular weight excluding hydrogens is 226 g/mol. The molecule has 0 unspecified atom stereocenters. The summed E-state index contributed by atoms with van der Waals surface area (Å²) in [5, 5.41) is 7.84. The van der Waals surface area contributed by atoms with Gasteiger partial charge in [0.25, 0.3) is 0 Å². The Kier molecular flexibility index (Phi) is 4.47. The van der Waals surface area contributed by atoms with E-state index in [4.69, 9.17) is 5.73 Å². The maximum absolute atomic E-state index is 6.04. The van der Waals surface area contributed by atoms with E-state index in [9.17, 15) is 0 Å². The summed E-state index contributed by atoms with van der Waals surface area (Å²) in [5.41, 5.74) is 7.74. The molecule has 5 nitrogen and oxygen atoms in total.